The molecule has 0 aliphatic carbocycles. The molecule has 26 nitrogen and oxygen atoms in total. The Labute approximate surface area is 797 Å². The van der Waals surface area contributed by atoms with Crippen LogP contribution in [0.1, 0.15) is 63.1 Å². The van der Waals surface area contributed by atoms with Crippen LogP contribution in [0.15, 0.2) is 436 Å². The van der Waals surface area contributed by atoms with Gasteiger partial charge in [0.05, 0.1) is 38.3 Å². The molecule has 14 N–H and O–H groups in total. The minimum Gasteiger partial charge on any atom is -0.462 e. The van der Waals surface area contributed by atoms with Gasteiger partial charge in [-0.1, -0.05) is 254 Å². The van der Waals surface area contributed by atoms with Gasteiger partial charge in [0, 0.05) is 87.9 Å². The molecule has 16 rings (SSSR count). The van der Waals surface area contributed by atoms with Crippen LogP contribution in [-0.2, 0) is 66.9 Å². The number of nitrogens with one attached hydrogen (secondary N) is 8. The van der Waals surface area contributed by atoms with Crippen LogP contribution in [0.3, 0.4) is 0 Å². The van der Waals surface area contributed by atoms with Crippen LogP contribution in [0, 0.1) is 23.7 Å². The molecule has 5 amide bonds. The topological polar surface area (TPSA) is 417 Å². The molecular weight excluding hydrogens is 1800 g/mol. The highest BCUT2D eigenvalue weighted by Crippen LogP contribution is 2.30. The summed E-state index contributed by atoms with van der Waals surface area (Å²) in [6, 6.07) is 116. The molecule has 16 aromatic rings. The van der Waals surface area contributed by atoms with E-state index >= 15 is 0 Å². The van der Waals surface area contributed by atoms with Gasteiger partial charge in [-0.05, 0) is 214 Å². The number of rotatable bonds is 26. The fourth-order valence-electron chi connectivity index (χ4n) is 13.0. The molecule has 2 unspecified atom stereocenters. The van der Waals surface area contributed by atoms with E-state index in [-0.39, 0.29) is 26.5 Å². The molecule has 14 aromatic carbocycles. The lowest BCUT2D eigenvalue weighted by atomic mass is 10.1. The van der Waals surface area contributed by atoms with E-state index in [9.17, 15) is 59.4 Å². The zero-order chi connectivity index (χ0) is 97.5. The number of carbonyl (C=O) groups excluding carboxylic acids is 5. The fourth-order valence-corrected chi connectivity index (χ4v) is 16.4. The van der Waals surface area contributed by atoms with E-state index in [1.165, 1.54) is 41.3 Å². The normalized spacial score (nSPS) is 11.3. The summed E-state index contributed by atoms with van der Waals surface area (Å²) in [5, 5.41) is 46.7. The number of amides is 5. The Hall–Kier alpha value is -17.5. The molecule has 2 heterocycles. The third-order valence-corrected chi connectivity index (χ3v) is 24.1. The average molecular weight is 1900 g/mol. The Bertz CT molecular complexity index is 7390. The van der Waals surface area contributed by atoms with Gasteiger partial charge in [-0.3, -0.25) is 48.6 Å². The largest absolute Gasteiger partial charge is 0.462 e. The first-order valence-electron chi connectivity index (χ1n) is 42.4. The van der Waals surface area contributed by atoms with E-state index in [0.717, 1.165) is 56.1 Å². The van der Waals surface area contributed by atoms with Gasteiger partial charge in [0.1, 0.15) is 23.0 Å². The van der Waals surface area contributed by atoms with E-state index in [4.69, 9.17) is 25.0 Å². The molecule has 2 atom stereocenters. The predicted molar refractivity (Wildman–Crippen MR) is 537 cm³/mol. The van der Waals surface area contributed by atoms with Gasteiger partial charge in [-0.2, -0.15) is 0 Å². The summed E-state index contributed by atoms with van der Waals surface area (Å²) in [6.07, 6.45) is 8.11. The standard InChI is InChI=1S/C27H20N2O3S.C25H21N3O3S.C21H16N2O4S.C21H19NO3.C15H15NO4/c30-27(28-24-9-5-2-6-10-24)20-13-21-11-16-25(17-12-21)29-33(31,32)26-18-14-23(15-19-26)22-7-3-1-4-8-22;26-22-9-3-4-10-23(22)27-25(29)17-14-18-12-15-20(16-13-18)28-32(30,31)24-11-5-7-19-6-1-2-8-21(19)24;24-21(22-25)15-8-16-6-11-19(12-7-16)23-28(26,27)20-13-9-18(10-14-20)17-4-2-1-3-5-17;23-20(16-7-3-1-4-8-16)15-19-12-11-18(25-19)13-14-21(24)22-17-9-5-2-6-10-17;17-14(11-4-2-1-3-5-11)10-13-7-6-12(20-13)8-9-15(18)16-19/h1-12,14-19,29H,(H,28,30);1-17,28H,26H2,(H,27,29);1-7,9-14,23,25H,(H,22,24);1-14,20,23H,15H2,(H,22,24);1-9,14,17,19H,10H2,(H,16,18)/b;17-14+;;14-13+;9-8+. The molecule has 0 radical (unpaired) electrons. The number of nitrogen functional groups attached to an aromatic ring is 1. The Kier molecular flexibility index (Phi) is 35.9. The number of hydrogen-bond donors (Lipinski definition) is 13. The van der Waals surface area contributed by atoms with Crippen molar-refractivity contribution in [1.29, 1.82) is 0 Å². The van der Waals surface area contributed by atoms with E-state index < -0.39 is 60.0 Å². The number of aliphatic hydroxyl groups is 2. The van der Waals surface area contributed by atoms with Crippen molar-refractivity contribution in [3.8, 4) is 45.9 Å². The molecule has 692 valence electrons. The van der Waals surface area contributed by atoms with Crippen LogP contribution in [-0.4, -0.2) is 75.4 Å². The number of carbonyl (C=O) groups is 5. The Morgan fingerprint density at radius 1 is 0.333 bits per heavy atom. The summed E-state index contributed by atoms with van der Waals surface area (Å²) in [4.78, 5) is 58.2. The van der Waals surface area contributed by atoms with E-state index in [2.05, 4.69) is 53.8 Å². The van der Waals surface area contributed by atoms with Crippen molar-refractivity contribution >= 4 is 128 Å². The molecule has 0 saturated heterocycles. The number of hydroxylamine groups is 2. The summed E-state index contributed by atoms with van der Waals surface area (Å²) in [7, 11) is -11.2. The minimum atomic E-state index is -3.76. The SMILES string of the molecule is Nc1ccccc1NC(=O)/C=C/c1ccc(NS(=O)(=O)c2cccc3ccccc23)cc1.O=C(/C=C/c1ccc(CC(O)c2ccccc2)o1)NO.O=C(/C=C/c1ccc(CC(O)c2ccccc2)o1)Nc1ccccc1.O=C(C#Cc1ccc(NS(=O)(=O)c2ccc(-c3ccccc3)cc2)cc1)NO.O=C(C#Cc1ccc(NS(=O)(=O)c2ccc(-c3ccccc3)cc2)cc1)Nc1ccccc1. The lowest BCUT2D eigenvalue weighted by molar-refractivity contribution is -0.124. The molecular formula is C109H91N9O17S3. The van der Waals surface area contributed by atoms with Gasteiger partial charge in [0.2, 0.25) is 11.8 Å². The van der Waals surface area contributed by atoms with Gasteiger partial charge in [0.25, 0.3) is 36.0 Å². The summed E-state index contributed by atoms with van der Waals surface area (Å²) in [5.74, 6) is 9.90. The number of sulfonamides is 3. The number of benzene rings is 14. The zero-order valence-electron chi connectivity index (χ0n) is 73.5. The van der Waals surface area contributed by atoms with E-state index in [1.807, 2.05) is 194 Å². The first kappa shape index (κ1) is 99.5. The molecule has 0 spiro atoms. The minimum absolute atomic E-state index is 0.149. The van der Waals surface area contributed by atoms with Gasteiger partial charge in [-0.15, -0.1) is 0 Å². The van der Waals surface area contributed by atoms with Crippen molar-refractivity contribution in [2.24, 2.45) is 0 Å². The van der Waals surface area contributed by atoms with Gasteiger partial charge in [-0.25, -0.2) is 36.2 Å². The van der Waals surface area contributed by atoms with E-state index in [0.29, 0.717) is 86.5 Å². The highest BCUT2D eigenvalue weighted by molar-refractivity contribution is 7.93. The number of nitrogens with two attached hydrogens (primary N) is 1. The summed E-state index contributed by atoms with van der Waals surface area (Å²) < 4.78 is 95.2. The lowest BCUT2D eigenvalue weighted by Crippen LogP contribution is -2.15. The average Bonchev–Trinajstić information content (AvgIpc) is 0.812. The van der Waals surface area contributed by atoms with Crippen LogP contribution in [0.5, 0.6) is 0 Å². The van der Waals surface area contributed by atoms with Crippen LogP contribution < -0.4 is 46.8 Å². The Balaban J connectivity index is 0.000000156. The first-order chi connectivity index (χ1) is 66.8. The van der Waals surface area contributed by atoms with Crippen molar-refractivity contribution in [2.75, 3.05) is 35.9 Å². The van der Waals surface area contributed by atoms with Crippen molar-refractivity contribution in [2.45, 2.75) is 39.7 Å². The third-order valence-electron chi connectivity index (χ3n) is 19.9. The Morgan fingerprint density at radius 2 is 0.710 bits per heavy atom. The highest BCUT2D eigenvalue weighted by Gasteiger charge is 2.21. The molecule has 29 heteroatoms. The second-order valence-electron chi connectivity index (χ2n) is 29.9. The van der Waals surface area contributed by atoms with Crippen molar-refractivity contribution < 1.29 is 78.7 Å². The number of hydrogen-bond acceptors (Lipinski definition) is 18. The lowest BCUT2D eigenvalue weighted by Gasteiger charge is -2.11. The maximum atomic E-state index is 12.9. The second kappa shape index (κ2) is 49.8. The number of furan rings is 2. The monoisotopic (exact) mass is 1890 g/mol. The zero-order valence-corrected chi connectivity index (χ0v) is 75.9. The number of aliphatic hydroxyl groups excluding tert-OH is 2. The van der Waals surface area contributed by atoms with Gasteiger partial charge < -0.3 is 40.7 Å². The predicted octanol–water partition coefficient (Wildman–Crippen LogP) is 19.3. The van der Waals surface area contributed by atoms with Gasteiger partial charge in [0.15, 0.2) is 0 Å². The molecule has 0 saturated carbocycles. The quantitative estimate of drug-likeness (QED) is 0.00787. The summed E-state index contributed by atoms with van der Waals surface area (Å²) >= 11 is 0. The molecule has 0 bridgehead atoms. The molecule has 138 heavy (non-hydrogen) atoms. The second-order valence-corrected chi connectivity index (χ2v) is 34.9. The van der Waals surface area contributed by atoms with Gasteiger partial charge >= 0.3 is 11.8 Å². The number of anilines is 7. The van der Waals surface area contributed by atoms with Crippen LogP contribution in [0.25, 0.3) is 51.3 Å². The first-order valence-corrected chi connectivity index (χ1v) is 46.9. The summed E-state index contributed by atoms with van der Waals surface area (Å²) in [6.45, 7) is 0. The van der Waals surface area contributed by atoms with Crippen LogP contribution >= 0.6 is 0 Å². The van der Waals surface area contributed by atoms with Crippen LogP contribution in [0.4, 0.5) is 39.8 Å². The third kappa shape index (κ3) is 31.3. The molecule has 0 aliphatic rings. The summed E-state index contributed by atoms with van der Waals surface area (Å²) in [5.41, 5.74) is 19.7. The van der Waals surface area contributed by atoms with Crippen molar-refractivity contribution in [3.05, 3.63) is 463 Å². The fraction of sp³-hybridized carbons (Fsp3) is 0.0367. The Morgan fingerprint density at radius 3 is 1.17 bits per heavy atom. The maximum absolute atomic E-state index is 12.9. The van der Waals surface area contributed by atoms with Crippen molar-refractivity contribution in [3.63, 3.8) is 0 Å². The molecule has 2 aromatic heterocycles. The van der Waals surface area contributed by atoms with Crippen molar-refractivity contribution in [1.82, 2.24) is 11.0 Å². The molecule has 0 fully saturated rings. The highest BCUT2D eigenvalue weighted by atomic mass is 32.2. The smallest absolute Gasteiger partial charge is 0.319 e. The van der Waals surface area contributed by atoms with Crippen LogP contribution in [0.2, 0.25) is 0 Å². The number of para-hydroxylation sites is 4. The molecule has 0 aliphatic heterocycles. The van der Waals surface area contributed by atoms with E-state index in [1.54, 1.807) is 200 Å². The maximum Gasteiger partial charge on any atom is 0.319 e. The number of fused-ring (bicyclic) bond motifs is 1.